The second-order valence-electron chi connectivity index (χ2n) is 5.01. The van der Waals surface area contributed by atoms with Crippen molar-refractivity contribution in [2.24, 2.45) is 0 Å². The lowest BCUT2D eigenvalue weighted by Gasteiger charge is -2.14. The lowest BCUT2D eigenvalue weighted by molar-refractivity contribution is -0.884. The first-order chi connectivity index (χ1) is 9.95. The highest BCUT2D eigenvalue weighted by Crippen LogP contribution is 2.25. The van der Waals surface area contributed by atoms with Crippen LogP contribution >= 0.6 is 34.5 Å². The quantitative estimate of drug-likeness (QED) is 0.859. The average molecular weight is 344 g/mol. The topological polar surface area (TPSA) is 33.5 Å². The molecule has 0 saturated carbocycles. The molecule has 1 aromatic carbocycles. The highest BCUT2D eigenvalue weighted by molar-refractivity contribution is 7.10. The summed E-state index contributed by atoms with van der Waals surface area (Å²) in [5.74, 6) is -0.0779. The number of amides is 1. The summed E-state index contributed by atoms with van der Waals surface area (Å²) in [6, 6.07) is 7.11. The van der Waals surface area contributed by atoms with Crippen LogP contribution in [0.5, 0.6) is 0 Å². The van der Waals surface area contributed by atoms with Crippen LogP contribution in [0, 0.1) is 6.92 Å². The van der Waals surface area contributed by atoms with Gasteiger partial charge in [-0.05, 0) is 42.1 Å². The number of thiophene rings is 1. The highest BCUT2D eigenvalue weighted by atomic mass is 35.5. The lowest BCUT2D eigenvalue weighted by Crippen LogP contribution is -3.08. The van der Waals surface area contributed by atoms with Gasteiger partial charge < -0.3 is 10.2 Å². The molecule has 1 amide bonds. The predicted molar refractivity (Wildman–Crippen MR) is 89.6 cm³/mol. The van der Waals surface area contributed by atoms with Crippen molar-refractivity contribution >= 4 is 46.1 Å². The molecule has 1 aromatic heterocycles. The smallest absolute Gasteiger partial charge is 0.279 e. The van der Waals surface area contributed by atoms with Crippen molar-refractivity contribution in [3.8, 4) is 0 Å². The summed E-state index contributed by atoms with van der Waals surface area (Å²) in [7, 11) is 2.00. The van der Waals surface area contributed by atoms with Gasteiger partial charge in [0.15, 0.2) is 6.54 Å². The van der Waals surface area contributed by atoms with E-state index in [1.165, 1.54) is 10.4 Å². The van der Waals surface area contributed by atoms with Gasteiger partial charge in [-0.1, -0.05) is 23.2 Å². The molecule has 0 aliphatic carbocycles. The molecule has 0 fully saturated rings. The van der Waals surface area contributed by atoms with Gasteiger partial charge in [0.1, 0.15) is 6.54 Å². The van der Waals surface area contributed by atoms with Crippen LogP contribution in [0.3, 0.4) is 0 Å². The largest absolute Gasteiger partial charge is 0.325 e. The summed E-state index contributed by atoms with van der Waals surface area (Å²) < 4.78 is 0. The third kappa shape index (κ3) is 4.71. The Morgan fingerprint density at radius 2 is 2.10 bits per heavy atom. The Labute approximate surface area is 138 Å². The minimum atomic E-state index is -0.0779. The maximum atomic E-state index is 12.1. The maximum Gasteiger partial charge on any atom is 0.279 e. The number of rotatable bonds is 5. The predicted octanol–water partition coefficient (Wildman–Crippen LogP) is 3.02. The Kier molecular flexibility index (Phi) is 5.65. The summed E-state index contributed by atoms with van der Waals surface area (Å²) in [6.45, 7) is 3.30. The molecule has 1 unspecified atom stereocenters. The van der Waals surface area contributed by atoms with Gasteiger partial charge in [-0.25, -0.2) is 0 Å². The number of hydrogen-bond donors (Lipinski definition) is 2. The van der Waals surface area contributed by atoms with Crippen LogP contribution in [-0.2, 0) is 11.3 Å². The van der Waals surface area contributed by atoms with Crippen LogP contribution in [0.15, 0.2) is 29.6 Å². The van der Waals surface area contributed by atoms with Gasteiger partial charge in [0.2, 0.25) is 0 Å². The van der Waals surface area contributed by atoms with Crippen molar-refractivity contribution in [1.29, 1.82) is 0 Å². The Bertz CT molecular complexity index is 642. The SMILES string of the molecule is Cc1ccsc1C[NH+](C)CC(=O)Nc1cc(Cl)ccc1Cl. The van der Waals surface area contributed by atoms with E-state index in [0.29, 0.717) is 22.3 Å². The number of carbonyl (C=O) groups is 1. The fraction of sp³-hybridized carbons (Fsp3) is 0.267. The molecular formula is C15H17Cl2N2OS+. The van der Waals surface area contributed by atoms with Crippen LogP contribution in [0.2, 0.25) is 10.0 Å². The van der Waals surface area contributed by atoms with E-state index >= 15 is 0 Å². The molecular weight excluding hydrogens is 327 g/mol. The van der Waals surface area contributed by atoms with Gasteiger partial charge in [-0.3, -0.25) is 4.79 Å². The molecule has 6 heteroatoms. The van der Waals surface area contributed by atoms with Crippen molar-refractivity contribution in [1.82, 2.24) is 0 Å². The van der Waals surface area contributed by atoms with Gasteiger partial charge in [-0.2, -0.15) is 0 Å². The van der Waals surface area contributed by atoms with Gasteiger partial charge >= 0.3 is 0 Å². The molecule has 0 radical (unpaired) electrons. The molecule has 0 aliphatic heterocycles. The number of hydrogen-bond acceptors (Lipinski definition) is 2. The van der Waals surface area contributed by atoms with Gasteiger partial charge in [0, 0.05) is 5.02 Å². The zero-order chi connectivity index (χ0) is 15.4. The van der Waals surface area contributed by atoms with Crippen LogP contribution in [-0.4, -0.2) is 19.5 Å². The molecule has 1 atom stereocenters. The van der Waals surface area contributed by atoms with Crippen LogP contribution in [0.1, 0.15) is 10.4 Å². The monoisotopic (exact) mass is 343 g/mol. The Morgan fingerprint density at radius 1 is 1.33 bits per heavy atom. The molecule has 2 N–H and O–H groups in total. The van der Waals surface area contributed by atoms with Crippen molar-refractivity contribution in [3.05, 3.63) is 50.1 Å². The molecule has 2 rings (SSSR count). The van der Waals surface area contributed by atoms with E-state index in [0.717, 1.165) is 11.4 Å². The zero-order valence-electron chi connectivity index (χ0n) is 11.9. The van der Waals surface area contributed by atoms with Gasteiger partial charge in [0.05, 0.1) is 22.6 Å². The van der Waals surface area contributed by atoms with Crippen molar-refractivity contribution < 1.29 is 9.69 Å². The first kappa shape index (κ1) is 16.3. The number of quaternary nitrogens is 1. The molecule has 112 valence electrons. The van der Waals surface area contributed by atoms with Crippen molar-refractivity contribution in [2.75, 3.05) is 18.9 Å². The second kappa shape index (κ2) is 7.27. The second-order valence-corrected chi connectivity index (χ2v) is 6.85. The Balaban J connectivity index is 1.92. The molecule has 3 nitrogen and oxygen atoms in total. The number of carbonyl (C=O) groups excluding carboxylic acids is 1. The molecule has 0 aliphatic rings. The average Bonchev–Trinajstić information content (AvgIpc) is 2.79. The summed E-state index contributed by atoms with van der Waals surface area (Å²) in [5, 5.41) is 5.91. The van der Waals surface area contributed by atoms with E-state index < -0.39 is 0 Å². The van der Waals surface area contributed by atoms with Crippen LogP contribution < -0.4 is 10.2 Å². The first-order valence-electron chi connectivity index (χ1n) is 6.55. The molecule has 21 heavy (non-hydrogen) atoms. The molecule has 1 heterocycles. The fourth-order valence-electron chi connectivity index (χ4n) is 1.98. The van der Waals surface area contributed by atoms with Crippen LogP contribution in [0.25, 0.3) is 0 Å². The molecule has 0 bridgehead atoms. The van der Waals surface area contributed by atoms with E-state index in [1.54, 1.807) is 29.5 Å². The Morgan fingerprint density at radius 3 is 2.76 bits per heavy atom. The van der Waals surface area contributed by atoms with Crippen molar-refractivity contribution in [2.45, 2.75) is 13.5 Å². The van der Waals surface area contributed by atoms with Gasteiger partial charge in [-0.15, -0.1) is 11.3 Å². The Hall–Kier alpha value is -1.07. The number of anilines is 1. The van der Waals surface area contributed by atoms with Crippen molar-refractivity contribution in [3.63, 3.8) is 0 Å². The number of likely N-dealkylation sites (N-methyl/N-ethyl adjacent to an activating group) is 1. The normalized spacial score (nSPS) is 12.2. The van der Waals surface area contributed by atoms with E-state index in [1.807, 2.05) is 7.05 Å². The highest BCUT2D eigenvalue weighted by Gasteiger charge is 2.14. The summed E-state index contributed by atoms with van der Waals surface area (Å²) in [5.41, 5.74) is 1.83. The van der Waals surface area contributed by atoms with Gasteiger partial charge in [0.25, 0.3) is 5.91 Å². The molecule has 0 spiro atoms. The van der Waals surface area contributed by atoms with E-state index in [-0.39, 0.29) is 5.91 Å². The lowest BCUT2D eigenvalue weighted by atomic mass is 10.3. The minimum Gasteiger partial charge on any atom is -0.325 e. The van der Waals surface area contributed by atoms with Crippen LogP contribution in [0.4, 0.5) is 5.69 Å². The molecule has 2 aromatic rings. The van der Waals surface area contributed by atoms with E-state index in [4.69, 9.17) is 23.2 Å². The number of halogens is 2. The first-order valence-corrected chi connectivity index (χ1v) is 8.18. The number of aryl methyl sites for hydroxylation is 1. The summed E-state index contributed by atoms with van der Waals surface area (Å²) in [6.07, 6.45) is 0. The summed E-state index contributed by atoms with van der Waals surface area (Å²) in [4.78, 5) is 14.5. The number of benzene rings is 1. The maximum absolute atomic E-state index is 12.1. The third-order valence-electron chi connectivity index (χ3n) is 3.10. The summed E-state index contributed by atoms with van der Waals surface area (Å²) >= 11 is 13.7. The third-order valence-corrected chi connectivity index (χ3v) is 4.68. The zero-order valence-corrected chi connectivity index (χ0v) is 14.2. The standard InChI is InChI=1S/C15H16Cl2N2OS/c1-10-5-6-21-14(10)8-19(2)9-15(20)18-13-7-11(16)3-4-12(13)17/h3-7H,8-9H2,1-2H3,(H,18,20)/p+1. The van der Waals surface area contributed by atoms with E-state index in [2.05, 4.69) is 23.7 Å². The fourth-order valence-corrected chi connectivity index (χ4v) is 3.34. The number of nitrogens with one attached hydrogen (secondary N) is 2. The van der Waals surface area contributed by atoms with E-state index in [9.17, 15) is 4.79 Å². The molecule has 0 saturated heterocycles. The minimum absolute atomic E-state index is 0.0779.